The molecule has 0 aliphatic heterocycles. The fourth-order valence-electron chi connectivity index (χ4n) is 1.61. The Bertz CT molecular complexity index is 385. The van der Waals surface area contributed by atoms with Crippen LogP contribution in [0.1, 0.15) is 12.5 Å². The molecule has 5 heteroatoms. The maximum atomic E-state index is 11.5. The molecule has 1 aromatic carbocycles. The van der Waals surface area contributed by atoms with Crippen molar-refractivity contribution in [3.05, 3.63) is 34.9 Å². The van der Waals surface area contributed by atoms with Crippen LogP contribution in [0.15, 0.2) is 24.3 Å². The molecule has 100 valence electrons. The summed E-state index contributed by atoms with van der Waals surface area (Å²) in [5, 5.41) is 3.57. The third-order valence-corrected chi connectivity index (χ3v) is 2.76. The summed E-state index contributed by atoms with van der Waals surface area (Å²) >= 11 is 6.06. The van der Waals surface area contributed by atoms with Crippen molar-refractivity contribution in [2.24, 2.45) is 5.73 Å². The molecule has 1 atom stereocenters. The van der Waals surface area contributed by atoms with E-state index in [1.165, 1.54) is 0 Å². The van der Waals surface area contributed by atoms with Crippen LogP contribution in [0.4, 0.5) is 0 Å². The van der Waals surface area contributed by atoms with Crippen LogP contribution in [-0.2, 0) is 16.0 Å². The van der Waals surface area contributed by atoms with E-state index in [-0.39, 0.29) is 18.6 Å². The monoisotopic (exact) mass is 270 g/mol. The highest BCUT2D eigenvalue weighted by atomic mass is 35.5. The number of amides is 1. The van der Waals surface area contributed by atoms with Gasteiger partial charge >= 0.3 is 0 Å². The number of nitrogens with one attached hydrogen (secondary N) is 1. The van der Waals surface area contributed by atoms with Crippen molar-refractivity contribution in [3.8, 4) is 0 Å². The number of hydrogen-bond acceptors (Lipinski definition) is 3. The van der Waals surface area contributed by atoms with Gasteiger partial charge in [0.15, 0.2) is 0 Å². The second-order valence-electron chi connectivity index (χ2n) is 4.11. The minimum atomic E-state index is -0.136. The van der Waals surface area contributed by atoms with E-state index in [0.29, 0.717) is 19.6 Å². The summed E-state index contributed by atoms with van der Waals surface area (Å²) in [6, 6.07) is 7.63. The summed E-state index contributed by atoms with van der Waals surface area (Å²) in [5.74, 6) is -0.136. The van der Waals surface area contributed by atoms with Gasteiger partial charge in [0, 0.05) is 17.6 Å². The Balaban J connectivity index is 2.35. The smallest absolute Gasteiger partial charge is 0.246 e. The Morgan fingerprint density at radius 1 is 1.50 bits per heavy atom. The molecule has 1 aromatic rings. The zero-order chi connectivity index (χ0) is 13.4. The first kappa shape index (κ1) is 15.0. The highest BCUT2D eigenvalue weighted by molar-refractivity contribution is 6.31. The lowest BCUT2D eigenvalue weighted by Gasteiger charge is -2.14. The van der Waals surface area contributed by atoms with Gasteiger partial charge in [-0.25, -0.2) is 0 Å². The molecule has 0 spiro atoms. The first-order chi connectivity index (χ1) is 8.63. The fourth-order valence-corrected chi connectivity index (χ4v) is 1.82. The molecule has 1 amide bonds. The molecular weight excluding hydrogens is 252 g/mol. The van der Waals surface area contributed by atoms with Crippen LogP contribution < -0.4 is 11.1 Å². The molecule has 0 fully saturated rings. The van der Waals surface area contributed by atoms with E-state index in [9.17, 15) is 4.79 Å². The summed E-state index contributed by atoms with van der Waals surface area (Å²) in [6.07, 6.45) is 0.697. The first-order valence-corrected chi connectivity index (χ1v) is 6.32. The van der Waals surface area contributed by atoms with Gasteiger partial charge in [-0.2, -0.15) is 0 Å². The number of halogens is 1. The maximum absolute atomic E-state index is 11.5. The van der Waals surface area contributed by atoms with Gasteiger partial charge in [0.25, 0.3) is 0 Å². The number of ether oxygens (including phenoxy) is 1. The highest BCUT2D eigenvalue weighted by Gasteiger charge is 2.09. The van der Waals surface area contributed by atoms with E-state index in [0.717, 1.165) is 10.6 Å². The van der Waals surface area contributed by atoms with Gasteiger partial charge in [-0.3, -0.25) is 4.79 Å². The van der Waals surface area contributed by atoms with Crippen molar-refractivity contribution < 1.29 is 9.53 Å². The van der Waals surface area contributed by atoms with E-state index >= 15 is 0 Å². The average molecular weight is 271 g/mol. The standard InChI is InChI=1S/C13H19ClN2O2/c1-10(16-13(17)9-18-7-6-15)8-11-4-2-3-5-12(11)14/h2-5,10H,6-9,15H2,1H3,(H,16,17). The van der Waals surface area contributed by atoms with Gasteiger partial charge in [-0.15, -0.1) is 0 Å². The molecule has 3 N–H and O–H groups in total. The molecular formula is C13H19ClN2O2. The van der Waals surface area contributed by atoms with Crippen LogP contribution >= 0.6 is 11.6 Å². The lowest BCUT2D eigenvalue weighted by Crippen LogP contribution is -2.37. The molecule has 18 heavy (non-hydrogen) atoms. The second kappa shape index (κ2) is 8.08. The maximum Gasteiger partial charge on any atom is 0.246 e. The molecule has 0 aromatic heterocycles. The molecule has 0 aliphatic rings. The van der Waals surface area contributed by atoms with Crippen molar-refractivity contribution in [2.75, 3.05) is 19.8 Å². The van der Waals surface area contributed by atoms with Gasteiger partial charge in [-0.1, -0.05) is 29.8 Å². The van der Waals surface area contributed by atoms with Crippen molar-refractivity contribution in [3.63, 3.8) is 0 Å². The van der Waals surface area contributed by atoms with Gasteiger partial charge in [0.1, 0.15) is 6.61 Å². The van der Waals surface area contributed by atoms with E-state index in [2.05, 4.69) is 5.32 Å². The van der Waals surface area contributed by atoms with Crippen LogP contribution in [0.2, 0.25) is 5.02 Å². The van der Waals surface area contributed by atoms with E-state index < -0.39 is 0 Å². The number of nitrogens with two attached hydrogens (primary N) is 1. The number of carbonyl (C=O) groups is 1. The van der Waals surface area contributed by atoms with Crippen LogP contribution in [0.25, 0.3) is 0 Å². The molecule has 1 rings (SSSR count). The summed E-state index contributed by atoms with van der Waals surface area (Å²) in [7, 11) is 0. The number of hydrogen-bond donors (Lipinski definition) is 2. The van der Waals surface area contributed by atoms with Gasteiger partial charge < -0.3 is 15.8 Å². The topological polar surface area (TPSA) is 64.3 Å². The zero-order valence-corrected chi connectivity index (χ0v) is 11.2. The SMILES string of the molecule is CC(Cc1ccccc1Cl)NC(=O)COCCN. The summed E-state index contributed by atoms with van der Waals surface area (Å²) in [4.78, 5) is 11.5. The molecule has 0 heterocycles. The summed E-state index contributed by atoms with van der Waals surface area (Å²) < 4.78 is 5.06. The molecule has 0 radical (unpaired) electrons. The van der Waals surface area contributed by atoms with Crippen LogP contribution in [0, 0.1) is 0 Å². The van der Waals surface area contributed by atoms with Crippen molar-refractivity contribution in [2.45, 2.75) is 19.4 Å². The molecule has 0 saturated heterocycles. The third kappa shape index (κ3) is 5.49. The Kier molecular flexibility index (Phi) is 6.72. The quantitative estimate of drug-likeness (QED) is 0.736. The zero-order valence-electron chi connectivity index (χ0n) is 10.5. The molecule has 0 bridgehead atoms. The summed E-state index contributed by atoms with van der Waals surface area (Å²) in [6.45, 7) is 2.79. The molecule has 4 nitrogen and oxygen atoms in total. The minimum absolute atomic E-state index is 0.0128. The first-order valence-electron chi connectivity index (χ1n) is 5.94. The number of rotatable bonds is 7. The fraction of sp³-hybridized carbons (Fsp3) is 0.462. The predicted octanol–water partition coefficient (Wildman–Crippen LogP) is 1.36. The van der Waals surface area contributed by atoms with Gasteiger partial charge in [-0.05, 0) is 25.0 Å². The van der Waals surface area contributed by atoms with Crippen LogP contribution in [-0.4, -0.2) is 31.7 Å². The lowest BCUT2D eigenvalue weighted by atomic mass is 10.1. The Morgan fingerprint density at radius 3 is 2.89 bits per heavy atom. The van der Waals surface area contributed by atoms with Crippen molar-refractivity contribution in [1.82, 2.24) is 5.32 Å². The average Bonchev–Trinajstić information content (AvgIpc) is 2.32. The third-order valence-electron chi connectivity index (χ3n) is 2.39. The Hall–Kier alpha value is -1.10. The molecule has 0 saturated carbocycles. The number of benzene rings is 1. The number of carbonyl (C=O) groups excluding carboxylic acids is 1. The normalized spacial score (nSPS) is 12.2. The van der Waals surface area contributed by atoms with Gasteiger partial charge in [0.2, 0.25) is 5.91 Å². The Labute approximate surface area is 112 Å². The Morgan fingerprint density at radius 2 is 2.22 bits per heavy atom. The van der Waals surface area contributed by atoms with E-state index in [4.69, 9.17) is 22.1 Å². The summed E-state index contributed by atoms with van der Waals surface area (Å²) in [5.41, 5.74) is 6.29. The van der Waals surface area contributed by atoms with Crippen molar-refractivity contribution in [1.29, 1.82) is 0 Å². The van der Waals surface area contributed by atoms with Crippen LogP contribution in [0.5, 0.6) is 0 Å². The predicted molar refractivity (Wildman–Crippen MR) is 72.6 cm³/mol. The second-order valence-corrected chi connectivity index (χ2v) is 4.51. The van der Waals surface area contributed by atoms with Crippen molar-refractivity contribution >= 4 is 17.5 Å². The van der Waals surface area contributed by atoms with Crippen LogP contribution in [0.3, 0.4) is 0 Å². The van der Waals surface area contributed by atoms with Gasteiger partial charge in [0.05, 0.1) is 6.61 Å². The van der Waals surface area contributed by atoms with E-state index in [1.807, 2.05) is 31.2 Å². The lowest BCUT2D eigenvalue weighted by molar-refractivity contribution is -0.126. The largest absolute Gasteiger partial charge is 0.370 e. The van der Waals surface area contributed by atoms with E-state index in [1.54, 1.807) is 0 Å². The molecule has 0 aliphatic carbocycles. The highest BCUT2D eigenvalue weighted by Crippen LogP contribution is 2.16. The molecule has 1 unspecified atom stereocenters. The minimum Gasteiger partial charge on any atom is -0.370 e.